The fourth-order valence-electron chi connectivity index (χ4n) is 3.34. The van der Waals surface area contributed by atoms with Gasteiger partial charge in [0.15, 0.2) is 5.76 Å². The summed E-state index contributed by atoms with van der Waals surface area (Å²) in [5.41, 5.74) is 6.20. The van der Waals surface area contributed by atoms with Crippen LogP contribution in [0.15, 0.2) is 66.4 Å². The molecule has 0 aromatic heterocycles. The third-order valence-corrected chi connectivity index (χ3v) is 11.8. The van der Waals surface area contributed by atoms with Gasteiger partial charge in [-0.15, -0.1) is 0 Å². The van der Waals surface area contributed by atoms with Crippen molar-refractivity contribution in [2.75, 3.05) is 0 Å². The quantitative estimate of drug-likeness (QED) is 0.254. The molecule has 0 spiro atoms. The van der Waals surface area contributed by atoms with Crippen molar-refractivity contribution in [3.63, 3.8) is 0 Å². The fraction of sp³-hybridized carbons (Fsp3) is 0.375. The first-order valence-electron chi connectivity index (χ1n) is 10.2. The van der Waals surface area contributed by atoms with E-state index in [2.05, 4.69) is 107 Å². The van der Waals surface area contributed by atoms with Gasteiger partial charge in [0.05, 0.1) is 8.07 Å². The summed E-state index contributed by atoms with van der Waals surface area (Å²) in [4.78, 5) is 0. The molecule has 0 heterocycles. The zero-order chi connectivity index (χ0) is 19.9. The summed E-state index contributed by atoms with van der Waals surface area (Å²) in [6.07, 6.45) is 0. The van der Waals surface area contributed by atoms with E-state index in [-0.39, 0.29) is 0 Å². The SMILES string of the molecule is CC[Si](CC)(CC)OC(=C=C(c1ccccc1)[Si](C)(C)C)c1ccccc1. The van der Waals surface area contributed by atoms with Gasteiger partial charge >= 0.3 is 0 Å². The lowest BCUT2D eigenvalue weighted by molar-refractivity contribution is 0.492. The van der Waals surface area contributed by atoms with Crippen LogP contribution >= 0.6 is 0 Å². The van der Waals surface area contributed by atoms with Crippen molar-refractivity contribution in [1.29, 1.82) is 0 Å². The maximum atomic E-state index is 6.86. The monoisotopic (exact) mass is 394 g/mol. The highest BCUT2D eigenvalue weighted by atomic mass is 28.4. The van der Waals surface area contributed by atoms with Gasteiger partial charge in [0.25, 0.3) is 8.32 Å². The Morgan fingerprint density at radius 3 is 1.59 bits per heavy atom. The highest BCUT2D eigenvalue weighted by Crippen LogP contribution is 2.31. The van der Waals surface area contributed by atoms with Gasteiger partial charge in [0.1, 0.15) is 0 Å². The second kappa shape index (κ2) is 9.41. The van der Waals surface area contributed by atoms with Crippen molar-refractivity contribution in [2.45, 2.75) is 58.5 Å². The fourth-order valence-corrected chi connectivity index (χ4v) is 7.40. The molecule has 0 aliphatic carbocycles. The molecule has 144 valence electrons. The predicted octanol–water partition coefficient (Wildman–Crippen LogP) is 7.61. The number of benzene rings is 2. The van der Waals surface area contributed by atoms with E-state index in [1.54, 1.807) is 0 Å². The topological polar surface area (TPSA) is 9.23 Å². The van der Waals surface area contributed by atoms with Crippen molar-refractivity contribution in [1.82, 2.24) is 0 Å². The molecule has 27 heavy (non-hydrogen) atoms. The van der Waals surface area contributed by atoms with Crippen molar-refractivity contribution in [3.8, 4) is 0 Å². The first kappa shape index (κ1) is 21.5. The first-order valence-corrected chi connectivity index (χ1v) is 16.2. The molecule has 3 heteroatoms. The standard InChI is InChI=1S/C24H34OSi2/c1-7-27(8-2,9-3)25-23(21-16-12-10-13-17-21)20-24(26(4,5)6)22-18-14-11-15-19-22/h10-19H,7-9H2,1-6H3. The van der Waals surface area contributed by atoms with E-state index in [4.69, 9.17) is 4.43 Å². The van der Waals surface area contributed by atoms with Crippen molar-refractivity contribution >= 4 is 27.3 Å². The molecule has 0 fully saturated rings. The molecule has 0 aliphatic heterocycles. The van der Waals surface area contributed by atoms with Gasteiger partial charge in [0.2, 0.25) is 0 Å². The van der Waals surface area contributed by atoms with Crippen LogP contribution < -0.4 is 0 Å². The predicted molar refractivity (Wildman–Crippen MR) is 125 cm³/mol. The van der Waals surface area contributed by atoms with Crippen LogP contribution in [0.3, 0.4) is 0 Å². The summed E-state index contributed by atoms with van der Waals surface area (Å²) in [5, 5.41) is 1.33. The summed E-state index contributed by atoms with van der Waals surface area (Å²) in [7, 11) is -3.40. The molecule has 0 amide bonds. The maximum absolute atomic E-state index is 6.86. The molecule has 0 saturated heterocycles. The minimum Gasteiger partial charge on any atom is -0.538 e. The molecule has 2 rings (SSSR count). The minimum absolute atomic E-state index is 0.939. The summed E-state index contributed by atoms with van der Waals surface area (Å²) in [6.45, 7) is 14.0. The Morgan fingerprint density at radius 2 is 1.19 bits per heavy atom. The van der Waals surface area contributed by atoms with Gasteiger partial charge < -0.3 is 4.43 Å². The third-order valence-electron chi connectivity index (χ3n) is 5.34. The molecular formula is C24H34OSi2. The normalized spacial score (nSPS) is 11.6. The molecule has 2 aromatic rings. The van der Waals surface area contributed by atoms with Gasteiger partial charge in [-0.05, 0) is 28.9 Å². The number of rotatable bonds is 8. The van der Waals surface area contributed by atoms with Crippen LogP contribution in [0.1, 0.15) is 31.9 Å². The van der Waals surface area contributed by atoms with E-state index >= 15 is 0 Å². The lowest BCUT2D eigenvalue weighted by Crippen LogP contribution is -2.35. The average Bonchev–Trinajstić information content (AvgIpc) is 2.69. The van der Waals surface area contributed by atoms with E-state index in [0.717, 1.165) is 29.5 Å². The summed E-state index contributed by atoms with van der Waals surface area (Å²) >= 11 is 0. The van der Waals surface area contributed by atoms with Crippen LogP contribution in [0.4, 0.5) is 0 Å². The lowest BCUT2D eigenvalue weighted by atomic mass is 10.1. The highest BCUT2D eigenvalue weighted by Gasteiger charge is 2.32. The Labute approximate surface area is 167 Å². The van der Waals surface area contributed by atoms with Crippen molar-refractivity contribution < 1.29 is 4.43 Å². The lowest BCUT2D eigenvalue weighted by Gasteiger charge is -2.30. The van der Waals surface area contributed by atoms with E-state index < -0.39 is 16.4 Å². The average molecular weight is 395 g/mol. The largest absolute Gasteiger partial charge is 0.538 e. The second-order valence-corrected chi connectivity index (χ2v) is 17.8. The molecule has 0 N–H and O–H groups in total. The van der Waals surface area contributed by atoms with E-state index in [9.17, 15) is 0 Å². The molecule has 1 nitrogen and oxygen atoms in total. The van der Waals surface area contributed by atoms with Crippen LogP contribution in [-0.4, -0.2) is 16.4 Å². The number of hydrogen-bond donors (Lipinski definition) is 0. The zero-order valence-electron chi connectivity index (χ0n) is 17.8. The Morgan fingerprint density at radius 1 is 0.741 bits per heavy atom. The molecule has 2 aromatic carbocycles. The van der Waals surface area contributed by atoms with Gasteiger partial charge in [-0.2, -0.15) is 0 Å². The zero-order valence-corrected chi connectivity index (χ0v) is 19.8. The van der Waals surface area contributed by atoms with Gasteiger partial charge in [0, 0.05) is 5.56 Å². The minimum atomic E-state index is -1.79. The van der Waals surface area contributed by atoms with E-state index in [1.165, 1.54) is 10.8 Å². The molecule has 0 unspecified atom stereocenters. The van der Waals surface area contributed by atoms with E-state index in [0.29, 0.717) is 0 Å². The number of hydrogen-bond acceptors (Lipinski definition) is 1. The van der Waals surface area contributed by atoms with Gasteiger partial charge in [-0.1, -0.05) is 107 Å². The van der Waals surface area contributed by atoms with Crippen molar-refractivity contribution in [2.24, 2.45) is 0 Å². The third kappa shape index (κ3) is 5.58. The molecular weight excluding hydrogens is 360 g/mol. The van der Waals surface area contributed by atoms with Crippen LogP contribution in [0, 0.1) is 0 Å². The summed E-state index contributed by atoms with van der Waals surface area (Å²) < 4.78 is 6.86. The summed E-state index contributed by atoms with van der Waals surface area (Å²) in [5.74, 6) is 0.939. The Hall–Kier alpha value is -1.81. The Kier molecular flexibility index (Phi) is 7.49. The summed E-state index contributed by atoms with van der Waals surface area (Å²) in [6, 6.07) is 24.6. The first-order chi connectivity index (χ1) is 12.8. The second-order valence-electron chi connectivity index (χ2n) is 8.16. The maximum Gasteiger partial charge on any atom is 0.251 e. The van der Waals surface area contributed by atoms with Crippen LogP contribution in [-0.2, 0) is 4.43 Å². The highest BCUT2D eigenvalue weighted by molar-refractivity contribution is 6.93. The van der Waals surface area contributed by atoms with Gasteiger partial charge in [-0.3, -0.25) is 0 Å². The molecule has 0 bridgehead atoms. The smallest absolute Gasteiger partial charge is 0.251 e. The van der Waals surface area contributed by atoms with Crippen LogP contribution in [0.25, 0.3) is 11.0 Å². The molecule has 0 radical (unpaired) electrons. The van der Waals surface area contributed by atoms with Crippen LogP contribution in [0.5, 0.6) is 0 Å². The Balaban J connectivity index is 2.74. The van der Waals surface area contributed by atoms with E-state index in [1.807, 2.05) is 0 Å². The molecule has 0 aliphatic rings. The molecule has 0 atom stereocenters. The molecule has 0 saturated carbocycles. The Bertz CT molecular complexity index is 770. The van der Waals surface area contributed by atoms with Crippen LogP contribution in [0.2, 0.25) is 37.8 Å². The van der Waals surface area contributed by atoms with Gasteiger partial charge in [-0.25, -0.2) is 0 Å². The van der Waals surface area contributed by atoms with Crippen molar-refractivity contribution in [3.05, 3.63) is 77.5 Å².